The molecule has 1 amide bonds. The Balaban J connectivity index is 1.64. The maximum atomic E-state index is 13.4. The number of carbonyl (C=O) groups excluding carboxylic acids is 1. The summed E-state index contributed by atoms with van der Waals surface area (Å²) < 4.78 is 1.68. The summed E-state index contributed by atoms with van der Waals surface area (Å²) in [7, 11) is 0. The predicted octanol–water partition coefficient (Wildman–Crippen LogP) is 4.30. The normalized spacial score (nSPS) is 18.4. The Labute approximate surface area is 190 Å². The summed E-state index contributed by atoms with van der Waals surface area (Å²) in [6.07, 6.45) is 6.52. The third-order valence-electron chi connectivity index (χ3n) is 6.13. The molecule has 2 aromatic heterocycles. The Morgan fingerprint density at radius 3 is 2.84 bits per heavy atom. The largest absolute Gasteiger partial charge is 0.506 e. The number of rotatable bonds is 5. The molecule has 0 radical (unpaired) electrons. The van der Waals surface area contributed by atoms with Crippen molar-refractivity contribution < 1.29 is 9.90 Å². The van der Waals surface area contributed by atoms with Crippen LogP contribution in [0.15, 0.2) is 47.5 Å². The molecular formula is C24H25ClN4O3. The monoisotopic (exact) mass is 452 g/mol. The highest BCUT2D eigenvalue weighted by Crippen LogP contribution is 2.38. The van der Waals surface area contributed by atoms with Crippen molar-refractivity contribution in [3.63, 3.8) is 0 Å². The smallest absolute Gasteiger partial charge is 0.264 e. The van der Waals surface area contributed by atoms with Crippen molar-refractivity contribution in [1.29, 1.82) is 5.41 Å². The maximum absolute atomic E-state index is 13.4. The van der Waals surface area contributed by atoms with Crippen LogP contribution in [0.1, 0.15) is 54.6 Å². The van der Waals surface area contributed by atoms with Crippen LogP contribution in [0.3, 0.4) is 0 Å². The number of pyridine rings is 2. The van der Waals surface area contributed by atoms with Gasteiger partial charge in [-0.25, -0.2) is 0 Å². The molecule has 7 nitrogen and oxygen atoms in total. The van der Waals surface area contributed by atoms with Gasteiger partial charge in [0.1, 0.15) is 11.3 Å². The molecule has 0 bridgehead atoms. The first-order valence-corrected chi connectivity index (χ1v) is 11.1. The van der Waals surface area contributed by atoms with Crippen LogP contribution in [0.4, 0.5) is 0 Å². The highest BCUT2D eigenvalue weighted by Gasteiger charge is 2.28. The van der Waals surface area contributed by atoms with E-state index in [2.05, 4.69) is 10.3 Å². The van der Waals surface area contributed by atoms with Gasteiger partial charge in [0.2, 0.25) is 0 Å². The zero-order valence-electron chi connectivity index (χ0n) is 17.8. The van der Waals surface area contributed by atoms with E-state index in [0.29, 0.717) is 34.5 Å². The number of amides is 1. The van der Waals surface area contributed by atoms with E-state index >= 15 is 0 Å². The van der Waals surface area contributed by atoms with E-state index in [0.717, 1.165) is 19.3 Å². The standard InChI is InChI=1S/C24H25ClN4O3/c1-14(26)20-22(30)21-18(25)8-3-9-19(21)29(24(20)32)17-7-2-5-15(11-17)12-28-23(31)16-6-4-10-27-13-16/h3-4,6,8-10,13,15,17,26,30H,2,5,7,11-12H2,1H3,(H,28,31). The van der Waals surface area contributed by atoms with Crippen LogP contribution in [-0.4, -0.2) is 32.8 Å². The van der Waals surface area contributed by atoms with Gasteiger partial charge in [-0.05, 0) is 56.4 Å². The van der Waals surface area contributed by atoms with E-state index in [4.69, 9.17) is 17.0 Å². The number of carbonyl (C=O) groups is 1. The van der Waals surface area contributed by atoms with E-state index in [1.165, 1.54) is 13.1 Å². The second kappa shape index (κ2) is 9.12. The van der Waals surface area contributed by atoms with Crippen LogP contribution in [0, 0.1) is 11.3 Å². The maximum Gasteiger partial charge on any atom is 0.264 e. The summed E-state index contributed by atoms with van der Waals surface area (Å²) in [5.41, 5.74) is 0.683. The van der Waals surface area contributed by atoms with Gasteiger partial charge in [-0.15, -0.1) is 0 Å². The van der Waals surface area contributed by atoms with Crippen LogP contribution in [-0.2, 0) is 0 Å². The van der Waals surface area contributed by atoms with Crippen molar-refractivity contribution in [1.82, 2.24) is 14.9 Å². The molecule has 32 heavy (non-hydrogen) atoms. The van der Waals surface area contributed by atoms with E-state index < -0.39 is 0 Å². The number of nitrogens with zero attached hydrogens (tertiary/aromatic N) is 2. The van der Waals surface area contributed by atoms with Gasteiger partial charge < -0.3 is 20.4 Å². The molecule has 0 spiro atoms. The highest BCUT2D eigenvalue weighted by atomic mass is 35.5. The van der Waals surface area contributed by atoms with Gasteiger partial charge in [0.05, 0.1) is 21.5 Å². The van der Waals surface area contributed by atoms with Crippen molar-refractivity contribution >= 4 is 34.1 Å². The first-order chi connectivity index (χ1) is 15.4. The molecule has 1 aromatic carbocycles. The average molecular weight is 453 g/mol. The van der Waals surface area contributed by atoms with Crippen LogP contribution < -0.4 is 10.9 Å². The molecular weight excluding hydrogens is 428 g/mol. The summed E-state index contributed by atoms with van der Waals surface area (Å²) in [5, 5.41) is 22.5. The molecule has 166 valence electrons. The lowest BCUT2D eigenvalue weighted by molar-refractivity contribution is 0.0940. The van der Waals surface area contributed by atoms with Gasteiger partial charge in [-0.1, -0.05) is 24.1 Å². The number of aromatic nitrogens is 2. The number of aromatic hydroxyl groups is 1. The number of halogens is 1. The second-order valence-electron chi connectivity index (χ2n) is 8.30. The van der Waals surface area contributed by atoms with Gasteiger partial charge in [-0.2, -0.15) is 0 Å². The van der Waals surface area contributed by atoms with Crippen molar-refractivity contribution in [2.75, 3.05) is 6.54 Å². The quantitative estimate of drug-likeness (QED) is 0.501. The molecule has 8 heteroatoms. The van der Waals surface area contributed by atoms with Crippen LogP contribution in [0.5, 0.6) is 5.75 Å². The molecule has 2 unspecified atom stereocenters. The van der Waals surface area contributed by atoms with E-state index in [1.807, 2.05) is 0 Å². The molecule has 3 N–H and O–H groups in total. The first kappa shape index (κ1) is 22.0. The SMILES string of the molecule is CC(=N)c1c(O)c2c(Cl)cccc2n(C2CCCC(CNC(=O)c3cccnc3)C2)c1=O. The lowest BCUT2D eigenvalue weighted by Gasteiger charge is -2.32. The third kappa shape index (κ3) is 4.12. The zero-order chi connectivity index (χ0) is 22.8. The Morgan fingerprint density at radius 2 is 2.12 bits per heavy atom. The van der Waals surface area contributed by atoms with Crippen LogP contribution >= 0.6 is 11.6 Å². The lowest BCUT2D eigenvalue weighted by atomic mass is 9.85. The Kier molecular flexibility index (Phi) is 6.28. The zero-order valence-corrected chi connectivity index (χ0v) is 18.5. The summed E-state index contributed by atoms with van der Waals surface area (Å²) in [6.45, 7) is 1.99. The minimum absolute atomic E-state index is 0.000775. The van der Waals surface area contributed by atoms with Gasteiger partial charge >= 0.3 is 0 Å². The summed E-state index contributed by atoms with van der Waals surface area (Å²) in [6, 6.07) is 8.53. The summed E-state index contributed by atoms with van der Waals surface area (Å²) in [5.74, 6) is -0.203. The molecule has 1 aliphatic carbocycles. The topological polar surface area (TPSA) is 108 Å². The highest BCUT2D eigenvalue weighted by molar-refractivity contribution is 6.36. The van der Waals surface area contributed by atoms with Crippen LogP contribution in [0.2, 0.25) is 5.02 Å². The minimum Gasteiger partial charge on any atom is -0.506 e. The predicted molar refractivity (Wildman–Crippen MR) is 125 cm³/mol. The number of hydrogen-bond donors (Lipinski definition) is 3. The first-order valence-electron chi connectivity index (χ1n) is 10.7. The molecule has 3 aromatic rings. The molecule has 2 atom stereocenters. The van der Waals surface area contributed by atoms with Gasteiger partial charge in [0, 0.05) is 30.7 Å². The number of hydrogen-bond acceptors (Lipinski definition) is 5. The fourth-order valence-electron chi connectivity index (χ4n) is 4.62. The number of benzene rings is 1. The molecule has 1 saturated carbocycles. The summed E-state index contributed by atoms with van der Waals surface area (Å²) in [4.78, 5) is 29.7. The molecule has 2 heterocycles. The number of nitrogens with one attached hydrogen (secondary N) is 2. The average Bonchev–Trinajstić information content (AvgIpc) is 2.78. The van der Waals surface area contributed by atoms with Crippen molar-refractivity contribution in [3.05, 3.63) is 69.2 Å². The molecule has 1 aliphatic rings. The van der Waals surface area contributed by atoms with Gasteiger partial charge in [0.15, 0.2) is 0 Å². The Hall–Kier alpha value is -3.19. The van der Waals surface area contributed by atoms with Crippen molar-refractivity contribution in [2.24, 2.45) is 5.92 Å². The van der Waals surface area contributed by atoms with E-state index in [1.54, 1.807) is 41.1 Å². The minimum atomic E-state index is -0.380. The fourth-order valence-corrected chi connectivity index (χ4v) is 4.88. The van der Waals surface area contributed by atoms with Gasteiger partial charge in [0.25, 0.3) is 11.5 Å². The molecule has 0 aliphatic heterocycles. The summed E-state index contributed by atoms with van der Waals surface area (Å²) >= 11 is 6.38. The van der Waals surface area contributed by atoms with Gasteiger partial charge in [-0.3, -0.25) is 14.6 Å². The number of fused-ring (bicyclic) bond motifs is 1. The van der Waals surface area contributed by atoms with E-state index in [9.17, 15) is 14.7 Å². The fraction of sp³-hybridized carbons (Fsp3) is 0.333. The molecule has 1 fully saturated rings. The molecule has 0 saturated heterocycles. The van der Waals surface area contributed by atoms with E-state index in [-0.39, 0.29) is 40.5 Å². The Morgan fingerprint density at radius 1 is 1.31 bits per heavy atom. The lowest BCUT2D eigenvalue weighted by Crippen LogP contribution is -2.36. The van der Waals surface area contributed by atoms with Crippen molar-refractivity contribution in [2.45, 2.75) is 38.6 Å². The second-order valence-corrected chi connectivity index (χ2v) is 8.70. The third-order valence-corrected chi connectivity index (χ3v) is 6.44. The Bertz CT molecular complexity index is 1240. The van der Waals surface area contributed by atoms with Crippen LogP contribution in [0.25, 0.3) is 10.9 Å². The molecule has 4 rings (SSSR count). The van der Waals surface area contributed by atoms with Crippen molar-refractivity contribution in [3.8, 4) is 5.75 Å².